The van der Waals surface area contributed by atoms with Gasteiger partial charge < -0.3 is 15.0 Å². The zero-order valence-electron chi connectivity index (χ0n) is 12.8. The number of amides is 1. The Labute approximate surface area is 140 Å². The fraction of sp³-hybridized carbons (Fsp3) is 0.412. The van der Waals surface area contributed by atoms with Crippen LogP contribution in [0.4, 0.5) is 0 Å². The van der Waals surface area contributed by atoms with Crippen LogP contribution in [-0.2, 0) is 24.2 Å². The second-order valence-corrected chi connectivity index (χ2v) is 6.28. The monoisotopic (exact) mass is 333 g/mol. The van der Waals surface area contributed by atoms with Gasteiger partial charge in [0.25, 0.3) is 0 Å². The number of halogens is 1. The number of carbonyl (C=O) groups is 1. The fourth-order valence-electron chi connectivity index (χ4n) is 2.89. The van der Waals surface area contributed by atoms with Crippen molar-refractivity contribution < 1.29 is 9.90 Å². The maximum Gasteiger partial charge on any atom is 0.240 e. The number of nitrogens with one attached hydrogen (secondary N) is 1. The molecule has 1 aliphatic rings. The van der Waals surface area contributed by atoms with Crippen molar-refractivity contribution in [3.8, 4) is 0 Å². The predicted molar refractivity (Wildman–Crippen MR) is 88.3 cm³/mol. The summed E-state index contributed by atoms with van der Waals surface area (Å²) in [6, 6.07) is 6.95. The van der Waals surface area contributed by atoms with Gasteiger partial charge in [0, 0.05) is 17.3 Å². The van der Waals surface area contributed by atoms with E-state index in [1.165, 1.54) is 12.1 Å². The molecule has 0 aliphatic heterocycles. The maximum absolute atomic E-state index is 12.1. The van der Waals surface area contributed by atoms with E-state index < -0.39 is 6.10 Å². The molecule has 1 aliphatic carbocycles. The van der Waals surface area contributed by atoms with Crippen molar-refractivity contribution in [1.29, 1.82) is 0 Å². The summed E-state index contributed by atoms with van der Waals surface area (Å²) in [4.78, 5) is 16.5. The number of aliphatic hydroxyl groups excluding tert-OH is 1. The molecule has 1 unspecified atom stereocenters. The van der Waals surface area contributed by atoms with Gasteiger partial charge in [-0.15, -0.1) is 0 Å². The molecular formula is C17H20ClN3O2. The van der Waals surface area contributed by atoms with E-state index >= 15 is 0 Å². The highest BCUT2D eigenvalue weighted by atomic mass is 35.5. The van der Waals surface area contributed by atoms with Crippen LogP contribution in [0.2, 0.25) is 5.02 Å². The number of aliphatic hydroxyl groups is 1. The average molecular weight is 334 g/mol. The summed E-state index contributed by atoms with van der Waals surface area (Å²) >= 11 is 5.82. The molecule has 0 radical (unpaired) electrons. The number of imidazole rings is 1. The van der Waals surface area contributed by atoms with Gasteiger partial charge in [0.15, 0.2) is 0 Å². The normalized spacial score (nSPS) is 15.0. The van der Waals surface area contributed by atoms with E-state index in [0.717, 1.165) is 30.5 Å². The van der Waals surface area contributed by atoms with E-state index in [-0.39, 0.29) is 19.0 Å². The van der Waals surface area contributed by atoms with Crippen molar-refractivity contribution in [2.75, 3.05) is 6.54 Å². The predicted octanol–water partition coefficient (Wildman–Crippen LogP) is 2.27. The number of fused-ring (bicyclic) bond motifs is 1. The highest BCUT2D eigenvalue weighted by Crippen LogP contribution is 2.19. The fourth-order valence-corrected chi connectivity index (χ4v) is 3.02. The third kappa shape index (κ3) is 3.92. The molecule has 1 heterocycles. The van der Waals surface area contributed by atoms with Crippen LogP contribution in [0, 0.1) is 0 Å². The molecule has 0 spiro atoms. The number of aromatic nitrogens is 2. The molecule has 1 amide bonds. The lowest BCUT2D eigenvalue weighted by molar-refractivity contribution is -0.122. The topological polar surface area (TPSA) is 67.2 Å². The minimum atomic E-state index is -0.743. The van der Waals surface area contributed by atoms with Crippen molar-refractivity contribution in [1.82, 2.24) is 14.9 Å². The van der Waals surface area contributed by atoms with Gasteiger partial charge in [-0.3, -0.25) is 4.79 Å². The molecule has 6 heteroatoms. The van der Waals surface area contributed by atoms with Gasteiger partial charge in [-0.1, -0.05) is 23.7 Å². The van der Waals surface area contributed by atoms with E-state index in [1.807, 2.05) is 4.57 Å². The van der Waals surface area contributed by atoms with Crippen LogP contribution in [0.1, 0.15) is 35.9 Å². The lowest BCUT2D eigenvalue weighted by Crippen LogP contribution is -2.31. The molecule has 0 bridgehead atoms. The summed E-state index contributed by atoms with van der Waals surface area (Å²) in [5.74, 6) is -0.121. The van der Waals surface area contributed by atoms with Crippen LogP contribution in [-0.4, -0.2) is 27.1 Å². The van der Waals surface area contributed by atoms with Gasteiger partial charge in [-0.05, 0) is 43.4 Å². The van der Waals surface area contributed by atoms with E-state index in [4.69, 9.17) is 11.6 Å². The Morgan fingerprint density at radius 1 is 1.30 bits per heavy atom. The Morgan fingerprint density at radius 2 is 2.04 bits per heavy atom. The molecule has 23 heavy (non-hydrogen) atoms. The van der Waals surface area contributed by atoms with E-state index in [2.05, 4.69) is 10.3 Å². The molecule has 2 aromatic rings. The number of rotatable bonds is 5. The highest BCUT2D eigenvalue weighted by molar-refractivity contribution is 6.30. The van der Waals surface area contributed by atoms with Crippen molar-refractivity contribution in [3.05, 3.63) is 52.6 Å². The minimum absolute atomic E-state index is 0.121. The zero-order valence-corrected chi connectivity index (χ0v) is 13.6. The summed E-state index contributed by atoms with van der Waals surface area (Å²) in [6.45, 7) is 0.424. The van der Waals surface area contributed by atoms with Crippen LogP contribution in [0.15, 0.2) is 30.6 Å². The second-order valence-electron chi connectivity index (χ2n) is 5.84. The molecule has 0 saturated carbocycles. The molecule has 0 saturated heterocycles. The third-order valence-corrected chi connectivity index (χ3v) is 4.42. The Kier molecular flexibility index (Phi) is 4.98. The number of nitrogens with zero attached hydrogens (tertiary/aromatic N) is 2. The van der Waals surface area contributed by atoms with E-state index in [0.29, 0.717) is 5.02 Å². The first-order chi connectivity index (χ1) is 11.1. The Morgan fingerprint density at radius 3 is 2.83 bits per heavy atom. The second kappa shape index (κ2) is 7.15. The summed E-state index contributed by atoms with van der Waals surface area (Å²) in [5.41, 5.74) is 3.02. The first kappa shape index (κ1) is 16.0. The van der Waals surface area contributed by atoms with Gasteiger partial charge in [0.05, 0.1) is 18.1 Å². The van der Waals surface area contributed by atoms with Gasteiger partial charge >= 0.3 is 0 Å². The molecule has 5 nitrogen and oxygen atoms in total. The first-order valence-electron chi connectivity index (χ1n) is 7.86. The zero-order chi connectivity index (χ0) is 16.2. The summed E-state index contributed by atoms with van der Waals surface area (Å²) in [7, 11) is 0. The van der Waals surface area contributed by atoms with Crippen molar-refractivity contribution >= 4 is 17.5 Å². The molecule has 1 aromatic carbocycles. The number of carbonyl (C=O) groups excluding carboxylic acids is 1. The van der Waals surface area contributed by atoms with Crippen LogP contribution < -0.4 is 5.32 Å². The quantitative estimate of drug-likeness (QED) is 0.882. The SMILES string of the molecule is O=C(Cn1cnc2c1CCCC2)NCC(O)c1ccc(Cl)cc1. The average Bonchev–Trinajstić information content (AvgIpc) is 2.96. The van der Waals surface area contributed by atoms with Gasteiger partial charge in [-0.2, -0.15) is 0 Å². The first-order valence-corrected chi connectivity index (χ1v) is 8.24. The number of hydrogen-bond acceptors (Lipinski definition) is 3. The molecule has 2 N–H and O–H groups in total. The Balaban J connectivity index is 1.53. The van der Waals surface area contributed by atoms with Gasteiger partial charge in [0.2, 0.25) is 5.91 Å². The third-order valence-electron chi connectivity index (χ3n) is 4.17. The summed E-state index contributed by atoms with van der Waals surface area (Å²) < 4.78 is 1.92. The number of aryl methyl sites for hydroxylation is 1. The molecular weight excluding hydrogens is 314 g/mol. The highest BCUT2D eigenvalue weighted by Gasteiger charge is 2.17. The number of benzene rings is 1. The maximum atomic E-state index is 12.1. The van der Waals surface area contributed by atoms with E-state index in [1.54, 1.807) is 30.6 Å². The van der Waals surface area contributed by atoms with Crippen LogP contribution in [0.3, 0.4) is 0 Å². The minimum Gasteiger partial charge on any atom is -0.387 e. The van der Waals surface area contributed by atoms with Gasteiger partial charge in [-0.25, -0.2) is 4.98 Å². The van der Waals surface area contributed by atoms with Crippen molar-refractivity contribution in [2.24, 2.45) is 0 Å². The molecule has 122 valence electrons. The summed E-state index contributed by atoms with van der Waals surface area (Å²) in [5, 5.41) is 13.5. The molecule has 0 fully saturated rings. The van der Waals surface area contributed by atoms with Crippen LogP contribution >= 0.6 is 11.6 Å². The van der Waals surface area contributed by atoms with Crippen molar-refractivity contribution in [2.45, 2.75) is 38.3 Å². The van der Waals surface area contributed by atoms with Crippen LogP contribution in [0.25, 0.3) is 0 Å². The Hall–Kier alpha value is -1.85. The van der Waals surface area contributed by atoms with Crippen molar-refractivity contribution in [3.63, 3.8) is 0 Å². The smallest absolute Gasteiger partial charge is 0.240 e. The lowest BCUT2D eigenvalue weighted by atomic mass is 10.0. The molecule has 1 aromatic heterocycles. The van der Waals surface area contributed by atoms with Crippen LogP contribution in [0.5, 0.6) is 0 Å². The number of hydrogen-bond donors (Lipinski definition) is 2. The summed E-state index contributed by atoms with van der Waals surface area (Å²) in [6.07, 6.45) is 5.30. The van der Waals surface area contributed by atoms with E-state index in [9.17, 15) is 9.90 Å². The largest absolute Gasteiger partial charge is 0.387 e. The Bertz CT molecular complexity index is 682. The standard InChI is InChI=1S/C17H20ClN3O2/c18-13-7-5-12(6-8-13)16(22)9-19-17(23)10-21-11-20-14-3-1-2-4-15(14)21/h5-8,11,16,22H,1-4,9-10H2,(H,19,23). The van der Waals surface area contributed by atoms with Gasteiger partial charge in [0.1, 0.15) is 6.54 Å². The molecule has 3 rings (SSSR count). The molecule has 1 atom stereocenters. The lowest BCUT2D eigenvalue weighted by Gasteiger charge is -2.15.